The normalized spacial score (nSPS) is 29.2. The second-order valence-electron chi connectivity index (χ2n) is 7.54. The van der Waals surface area contributed by atoms with Gasteiger partial charge in [-0.1, -0.05) is 6.07 Å². The number of methoxy groups -OCH3 is 1. The molecule has 3 heterocycles. The number of amides is 1. The molecule has 1 saturated carbocycles. The number of likely N-dealkylation sites (tertiary alicyclic amines) is 1. The smallest absolute Gasteiger partial charge is 0.249 e. The molecule has 4 rings (SSSR count). The molecular weight excluding hydrogens is 318 g/mol. The number of carbonyl (C=O) groups is 1. The first-order chi connectivity index (χ1) is 12.2. The lowest BCUT2D eigenvalue weighted by atomic mass is 9.91. The molecule has 3 atom stereocenters. The number of nitrogens with zero attached hydrogens (tertiary/aromatic N) is 2. The number of ether oxygens (including phenoxy) is 2. The molecule has 2 aliphatic heterocycles. The second kappa shape index (κ2) is 7.30. The average Bonchev–Trinajstić information content (AvgIpc) is 3.37. The zero-order valence-corrected chi connectivity index (χ0v) is 14.8. The van der Waals surface area contributed by atoms with Crippen LogP contribution in [0.2, 0.25) is 0 Å². The van der Waals surface area contributed by atoms with Crippen molar-refractivity contribution in [3.63, 3.8) is 0 Å². The SMILES string of the molecule is COc1ncccc1CN1CC[C@@H]2C[C@@H](C(=O)NCC3CC3)O[C@H]2C1. The van der Waals surface area contributed by atoms with Gasteiger partial charge in [-0.25, -0.2) is 4.98 Å². The Hall–Kier alpha value is -1.66. The van der Waals surface area contributed by atoms with Gasteiger partial charge in [-0.05, 0) is 50.1 Å². The predicted octanol–water partition coefficient (Wildman–Crippen LogP) is 1.60. The molecule has 136 valence electrons. The van der Waals surface area contributed by atoms with Gasteiger partial charge in [-0.15, -0.1) is 0 Å². The molecular formula is C19H27N3O3. The van der Waals surface area contributed by atoms with Gasteiger partial charge in [0.25, 0.3) is 0 Å². The summed E-state index contributed by atoms with van der Waals surface area (Å²) < 4.78 is 11.5. The highest BCUT2D eigenvalue weighted by molar-refractivity contribution is 5.81. The fourth-order valence-electron chi connectivity index (χ4n) is 3.96. The number of aromatic nitrogens is 1. The van der Waals surface area contributed by atoms with E-state index in [9.17, 15) is 4.79 Å². The monoisotopic (exact) mass is 345 g/mol. The van der Waals surface area contributed by atoms with Crippen LogP contribution in [0.25, 0.3) is 0 Å². The molecule has 1 aliphatic carbocycles. The third-order valence-corrected chi connectivity index (χ3v) is 5.63. The minimum atomic E-state index is -0.262. The molecule has 3 aliphatic rings. The maximum atomic E-state index is 12.3. The van der Waals surface area contributed by atoms with Crippen LogP contribution in [-0.2, 0) is 16.1 Å². The average molecular weight is 345 g/mol. The summed E-state index contributed by atoms with van der Waals surface area (Å²) in [7, 11) is 1.66. The number of piperidine rings is 1. The topological polar surface area (TPSA) is 63.7 Å². The molecule has 25 heavy (non-hydrogen) atoms. The highest BCUT2D eigenvalue weighted by Gasteiger charge is 2.42. The maximum Gasteiger partial charge on any atom is 0.249 e. The van der Waals surface area contributed by atoms with Crippen molar-refractivity contribution in [1.29, 1.82) is 0 Å². The number of fused-ring (bicyclic) bond motifs is 1. The van der Waals surface area contributed by atoms with Gasteiger partial charge < -0.3 is 14.8 Å². The van der Waals surface area contributed by atoms with Crippen LogP contribution in [0.1, 0.15) is 31.2 Å². The second-order valence-corrected chi connectivity index (χ2v) is 7.54. The van der Waals surface area contributed by atoms with Crippen LogP contribution in [0.4, 0.5) is 0 Å². The molecule has 0 unspecified atom stereocenters. The Morgan fingerprint density at radius 3 is 3.12 bits per heavy atom. The minimum Gasteiger partial charge on any atom is -0.481 e. The van der Waals surface area contributed by atoms with Gasteiger partial charge in [-0.3, -0.25) is 9.69 Å². The number of hydrogen-bond donors (Lipinski definition) is 1. The molecule has 6 nitrogen and oxygen atoms in total. The molecule has 6 heteroatoms. The van der Waals surface area contributed by atoms with Crippen molar-refractivity contribution in [2.45, 2.75) is 44.4 Å². The van der Waals surface area contributed by atoms with Crippen molar-refractivity contribution in [2.75, 3.05) is 26.7 Å². The summed E-state index contributed by atoms with van der Waals surface area (Å²) in [6.07, 6.45) is 6.10. The van der Waals surface area contributed by atoms with Gasteiger partial charge >= 0.3 is 0 Å². The van der Waals surface area contributed by atoms with Gasteiger partial charge in [0, 0.05) is 31.4 Å². The van der Waals surface area contributed by atoms with Crippen molar-refractivity contribution in [3.8, 4) is 5.88 Å². The van der Waals surface area contributed by atoms with E-state index in [0.29, 0.717) is 17.7 Å². The zero-order valence-electron chi connectivity index (χ0n) is 14.8. The first kappa shape index (κ1) is 16.8. The minimum absolute atomic E-state index is 0.0850. The first-order valence-electron chi connectivity index (χ1n) is 9.36. The fourth-order valence-corrected chi connectivity index (χ4v) is 3.96. The Morgan fingerprint density at radius 1 is 1.44 bits per heavy atom. The number of nitrogens with one attached hydrogen (secondary N) is 1. The van der Waals surface area contributed by atoms with Crippen molar-refractivity contribution in [2.24, 2.45) is 11.8 Å². The van der Waals surface area contributed by atoms with Crippen molar-refractivity contribution in [3.05, 3.63) is 23.9 Å². The third kappa shape index (κ3) is 3.96. The van der Waals surface area contributed by atoms with Gasteiger partial charge in [0.2, 0.25) is 11.8 Å². The van der Waals surface area contributed by atoms with E-state index in [-0.39, 0.29) is 18.1 Å². The molecule has 0 radical (unpaired) electrons. The summed E-state index contributed by atoms with van der Waals surface area (Å²) in [6, 6.07) is 4.00. The van der Waals surface area contributed by atoms with E-state index < -0.39 is 0 Å². The fraction of sp³-hybridized carbons (Fsp3) is 0.684. The maximum absolute atomic E-state index is 12.3. The molecule has 0 aromatic carbocycles. The standard InChI is InChI=1S/C19H27N3O3/c1-24-19-15(3-2-7-20-19)11-22-8-6-14-9-16(25-17(14)12-22)18(23)21-10-13-4-5-13/h2-3,7,13-14,16-17H,4-6,8-12H2,1H3,(H,21,23)/t14-,16+,17+/m1/s1. The molecule has 1 aromatic heterocycles. The molecule has 1 amide bonds. The Kier molecular flexibility index (Phi) is 4.90. The number of carbonyl (C=O) groups excluding carboxylic acids is 1. The van der Waals surface area contributed by atoms with Crippen molar-refractivity contribution < 1.29 is 14.3 Å². The van der Waals surface area contributed by atoms with Crippen LogP contribution >= 0.6 is 0 Å². The van der Waals surface area contributed by atoms with E-state index in [4.69, 9.17) is 9.47 Å². The summed E-state index contributed by atoms with van der Waals surface area (Å²) in [4.78, 5) is 19.0. The van der Waals surface area contributed by atoms with Gasteiger partial charge in [0.15, 0.2) is 0 Å². The van der Waals surface area contributed by atoms with E-state index >= 15 is 0 Å². The Morgan fingerprint density at radius 2 is 2.32 bits per heavy atom. The molecule has 2 saturated heterocycles. The largest absolute Gasteiger partial charge is 0.481 e. The molecule has 3 fully saturated rings. The van der Waals surface area contributed by atoms with Gasteiger partial charge in [0.1, 0.15) is 6.10 Å². The summed E-state index contributed by atoms with van der Waals surface area (Å²) in [5, 5.41) is 3.06. The Bertz CT molecular complexity index is 620. The van der Waals surface area contributed by atoms with Crippen molar-refractivity contribution >= 4 is 5.91 Å². The number of pyridine rings is 1. The predicted molar refractivity (Wildman–Crippen MR) is 93.2 cm³/mol. The molecule has 1 N–H and O–H groups in total. The molecule has 0 bridgehead atoms. The number of hydrogen-bond acceptors (Lipinski definition) is 5. The lowest BCUT2D eigenvalue weighted by Gasteiger charge is -2.34. The van der Waals surface area contributed by atoms with Crippen LogP contribution in [0.3, 0.4) is 0 Å². The Labute approximate surface area is 148 Å². The third-order valence-electron chi connectivity index (χ3n) is 5.63. The van der Waals surface area contributed by atoms with Crippen LogP contribution in [0.15, 0.2) is 18.3 Å². The lowest BCUT2D eigenvalue weighted by Crippen LogP contribution is -2.42. The quantitative estimate of drug-likeness (QED) is 0.848. The van der Waals surface area contributed by atoms with Gasteiger partial charge in [-0.2, -0.15) is 0 Å². The van der Waals surface area contributed by atoms with E-state index in [0.717, 1.165) is 44.6 Å². The van der Waals surface area contributed by atoms with Crippen LogP contribution in [0.5, 0.6) is 5.88 Å². The van der Waals surface area contributed by atoms with Gasteiger partial charge in [0.05, 0.1) is 13.2 Å². The highest BCUT2D eigenvalue weighted by Crippen LogP contribution is 2.34. The summed E-state index contributed by atoms with van der Waals surface area (Å²) in [5.74, 6) is 1.98. The van der Waals surface area contributed by atoms with E-state index in [1.54, 1.807) is 13.3 Å². The lowest BCUT2D eigenvalue weighted by molar-refractivity contribution is -0.132. The zero-order chi connectivity index (χ0) is 17.2. The molecule has 1 aromatic rings. The first-order valence-corrected chi connectivity index (χ1v) is 9.36. The van der Waals surface area contributed by atoms with Crippen molar-refractivity contribution in [1.82, 2.24) is 15.2 Å². The Balaban J connectivity index is 1.31. The summed E-state index contributed by atoms with van der Waals surface area (Å²) in [6.45, 7) is 3.52. The molecule has 0 spiro atoms. The van der Waals surface area contributed by atoms with Crippen LogP contribution < -0.4 is 10.1 Å². The summed E-state index contributed by atoms with van der Waals surface area (Å²) >= 11 is 0. The van der Waals surface area contributed by atoms with Crippen LogP contribution in [0, 0.1) is 11.8 Å². The van der Waals surface area contributed by atoms with E-state index in [1.807, 2.05) is 6.07 Å². The van der Waals surface area contributed by atoms with E-state index in [1.165, 1.54) is 12.8 Å². The summed E-state index contributed by atoms with van der Waals surface area (Å²) in [5.41, 5.74) is 1.10. The van der Waals surface area contributed by atoms with Crippen LogP contribution in [-0.4, -0.2) is 54.7 Å². The highest BCUT2D eigenvalue weighted by atomic mass is 16.5. The van der Waals surface area contributed by atoms with E-state index in [2.05, 4.69) is 21.3 Å². The number of rotatable bonds is 6.